The van der Waals surface area contributed by atoms with E-state index in [1.54, 1.807) is 18.2 Å². The van der Waals surface area contributed by atoms with Gasteiger partial charge >= 0.3 is 0 Å². The zero-order valence-electron chi connectivity index (χ0n) is 12.2. The molecule has 5 nitrogen and oxygen atoms in total. The van der Waals surface area contributed by atoms with Gasteiger partial charge in [-0.3, -0.25) is 0 Å². The van der Waals surface area contributed by atoms with E-state index in [0.717, 1.165) is 25.9 Å². The van der Waals surface area contributed by atoms with E-state index in [1.165, 1.54) is 7.11 Å². The van der Waals surface area contributed by atoms with E-state index < -0.39 is 9.05 Å². The summed E-state index contributed by atoms with van der Waals surface area (Å²) < 4.78 is 33.9. The molecule has 1 aromatic rings. The number of hydrogen-bond donors (Lipinski definition) is 0. The van der Waals surface area contributed by atoms with E-state index in [9.17, 15) is 8.42 Å². The van der Waals surface area contributed by atoms with Gasteiger partial charge in [0.05, 0.1) is 12.9 Å². The Morgan fingerprint density at radius 2 is 2.00 bits per heavy atom. The van der Waals surface area contributed by atoms with Crippen LogP contribution in [-0.4, -0.2) is 46.7 Å². The quantitative estimate of drug-likeness (QED) is 0.773. The molecule has 2 rings (SSSR count). The highest BCUT2D eigenvalue weighted by Crippen LogP contribution is 2.34. The Morgan fingerprint density at radius 1 is 1.33 bits per heavy atom. The maximum absolute atomic E-state index is 11.3. The summed E-state index contributed by atoms with van der Waals surface area (Å²) in [5.41, 5.74) is 0.512. The number of likely N-dealkylation sites (tertiary alicyclic amines) is 1. The van der Waals surface area contributed by atoms with Gasteiger partial charge in [0.2, 0.25) is 9.05 Å². The lowest BCUT2D eigenvalue weighted by Crippen LogP contribution is -2.35. The van der Waals surface area contributed by atoms with Gasteiger partial charge in [-0.15, -0.1) is 0 Å². The molecule has 0 spiro atoms. The fourth-order valence-electron chi connectivity index (χ4n) is 2.47. The van der Waals surface area contributed by atoms with Gasteiger partial charge in [-0.2, -0.15) is 0 Å². The Balaban J connectivity index is 2.17. The van der Waals surface area contributed by atoms with Crippen LogP contribution in [0.4, 0.5) is 0 Å². The summed E-state index contributed by atoms with van der Waals surface area (Å²) in [5, 5.41) is 0. The predicted molar refractivity (Wildman–Crippen MR) is 82.6 cm³/mol. The Labute approximate surface area is 130 Å². The predicted octanol–water partition coefficient (Wildman–Crippen LogP) is 2.24. The van der Waals surface area contributed by atoms with Crippen LogP contribution in [0.5, 0.6) is 11.5 Å². The number of piperidine rings is 1. The van der Waals surface area contributed by atoms with Gasteiger partial charge in [-0.25, -0.2) is 8.42 Å². The first-order valence-corrected chi connectivity index (χ1v) is 9.30. The highest BCUT2D eigenvalue weighted by Gasteiger charge is 2.21. The second-order valence-electron chi connectivity index (χ2n) is 5.25. The first kappa shape index (κ1) is 16.4. The monoisotopic (exact) mass is 333 g/mol. The maximum Gasteiger partial charge on any atom is 0.236 e. The van der Waals surface area contributed by atoms with Crippen molar-refractivity contribution in [1.82, 2.24) is 4.90 Å². The minimum absolute atomic E-state index is 0.123. The van der Waals surface area contributed by atoms with Crippen LogP contribution >= 0.6 is 10.7 Å². The van der Waals surface area contributed by atoms with Crippen LogP contribution in [0.15, 0.2) is 18.2 Å². The van der Waals surface area contributed by atoms with Crippen LogP contribution in [0, 0.1) is 0 Å². The standard InChI is InChI=1S/C14H20ClNO4S/c1-16-8-6-12(7-9-16)20-13-5-3-4-11(14(13)19-2)10-21(15,17)18/h3-5,12H,6-10H2,1-2H3. The zero-order chi connectivity index (χ0) is 15.5. The van der Waals surface area contributed by atoms with Gasteiger partial charge in [0, 0.05) is 29.3 Å². The molecule has 1 aromatic carbocycles. The van der Waals surface area contributed by atoms with Crippen molar-refractivity contribution in [3.8, 4) is 11.5 Å². The summed E-state index contributed by atoms with van der Waals surface area (Å²) in [7, 11) is 5.28. The Hall–Kier alpha value is -0.980. The van der Waals surface area contributed by atoms with Crippen LogP contribution in [-0.2, 0) is 14.8 Å². The van der Waals surface area contributed by atoms with E-state index in [4.69, 9.17) is 20.2 Å². The highest BCUT2D eigenvalue weighted by atomic mass is 35.7. The average Bonchev–Trinajstić information content (AvgIpc) is 2.40. The number of ether oxygens (including phenoxy) is 2. The van der Waals surface area contributed by atoms with E-state index in [0.29, 0.717) is 17.1 Å². The molecule has 1 saturated heterocycles. The second-order valence-corrected chi connectivity index (χ2v) is 8.03. The molecule has 0 N–H and O–H groups in total. The molecule has 0 aliphatic carbocycles. The lowest BCUT2D eigenvalue weighted by Gasteiger charge is -2.29. The van der Waals surface area contributed by atoms with E-state index in [2.05, 4.69) is 11.9 Å². The molecule has 0 radical (unpaired) electrons. The number of rotatable bonds is 5. The highest BCUT2D eigenvalue weighted by molar-refractivity contribution is 8.13. The van der Waals surface area contributed by atoms with Crippen LogP contribution in [0.3, 0.4) is 0 Å². The van der Waals surface area contributed by atoms with Crippen molar-refractivity contribution >= 4 is 19.7 Å². The number of benzene rings is 1. The fourth-order valence-corrected chi connectivity index (χ4v) is 3.42. The lowest BCUT2D eigenvalue weighted by molar-refractivity contribution is 0.111. The molecular weight excluding hydrogens is 314 g/mol. The normalized spacial score (nSPS) is 17.7. The average molecular weight is 334 g/mol. The summed E-state index contributed by atoms with van der Waals surface area (Å²) >= 11 is 0. The van der Waals surface area contributed by atoms with E-state index >= 15 is 0 Å². The molecule has 0 unspecified atom stereocenters. The fraction of sp³-hybridized carbons (Fsp3) is 0.571. The Bertz CT molecular complexity index is 583. The molecule has 1 aliphatic heterocycles. The van der Waals surface area contributed by atoms with Gasteiger partial charge in [0.25, 0.3) is 0 Å². The first-order chi connectivity index (χ1) is 9.89. The molecule has 118 valence electrons. The third-order valence-electron chi connectivity index (χ3n) is 3.55. The molecule has 1 fully saturated rings. The first-order valence-electron chi connectivity index (χ1n) is 6.82. The molecule has 1 aliphatic rings. The second kappa shape index (κ2) is 6.85. The smallest absolute Gasteiger partial charge is 0.236 e. The SMILES string of the molecule is COc1c(CS(=O)(=O)Cl)cccc1OC1CCN(C)CC1. The Morgan fingerprint density at radius 3 is 2.57 bits per heavy atom. The number of para-hydroxylation sites is 1. The third kappa shape index (κ3) is 4.76. The molecule has 0 atom stereocenters. The summed E-state index contributed by atoms with van der Waals surface area (Å²) in [5.74, 6) is 0.744. The molecule has 21 heavy (non-hydrogen) atoms. The van der Waals surface area contributed by atoms with Crippen molar-refractivity contribution in [2.24, 2.45) is 0 Å². The number of halogens is 1. The molecule has 0 bridgehead atoms. The van der Waals surface area contributed by atoms with Crippen molar-refractivity contribution in [3.05, 3.63) is 23.8 Å². The molecule has 0 saturated carbocycles. The van der Waals surface area contributed by atoms with Crippen molar-refractivity contribution in [3.63, 3.8) is 0 Å². The molecule has 0 amide bonds. The topological polar surface area (TPSA) is 55.8 Å². The summed E-state index contributed by atoms with van der Waals surface area (Å²) in [4.78, 5) is 2.26. The van der Waals surface area contributed by atoms with Gasteiger partial charge in [0.1, 0.15) is 6.10 Å². The Kier molecular flexibility index (Phi) is 5.35. The van der Waals surface area contributed by atoms with Crippen LogP contribution in [0.25, 0.3) is 0 Å². The van der Waals surface area contributed by atoms with Crippen LogP contribution < -0.4 is 9.47 Å². The lowest BCUT2D eigenvalue weighted by atomic mass is 10.1. The molecule has 7 heteroatoms. The maximum atomic E-state index is 11.3. The minimum Gasteiger partial charge on any atom is -0.493 e. The molecule has 1 heterocycles. The zero-order valence-corrected chi connectivity index (χ0v) is 13.8. The summed E-state index contributed by atoms with van der Waals surface area (Å²) in [6.07, 6.45) is 2.01. The van der Waals surface area contributed by atoms with Crippen molar-refractivity contribution in [1.29, 1.82) is 0 Å². The van der Waals surface area contributed by atoms with Crippen LogP contribution in [0.2, 0.25) is 0 Å². The van der Waals surface area contributed by atoms with Gasteiger partial charge in [-0.05, 0) is 26.0 Å². The van der Waals surface area contributed by atoms with E-state index in [-0.39, 0.29) is 11.9 Å². The van der Waals surface area contributed by atoms with Crippen molar-refractivity contribution < 1.29 is 17.9 Å². The number of hydrogen-bond acceptors (Lipinski definition) is 5. The van der Waals surface area contributed by atoms with Crippen LogP contribution in [0.1, 0.15) is 18.4 Å². The number of methoxy groups -OCH3 is 1. The van der Waals surface area contributed by atoms with Gasteiger partial charge in [0.15, 0.2) is 11.5 Å². The van der Waals surface area contributed by atoms with Crippen molar-refractivity contribution in [2.45, 2.75) is 24.7 Å². The molecular formula is C14H20ClNO4S. The molecule has 0 aromatic heterocycles. The largest absolute Gasteiger partial charge is 0.493 e. The van der Waals surface area contributed by atoms with Gasteiger partial charge in [-0.1, -0.05) is 12.1 Å². The summed E-state index contributed by atoms with van der Waals surface area (Å²) in [6.45, 7) is 1.98. The minimum atomic E-state index is -3.64. The van der Waals surface area contributed by atoms with E-state index in [1.807, 2.05) is 0 Å². The number of nitrogens with zero attached hydrogens (tertiary/aromatic N) is 1. The van der Waals surface area contributed by atoms with Gasteiger partial charge < -0.3 is 14.4 Å². The van der Waals surface area contributed by atoms with Crippen molar-refractivity contribution in [2.75, 3.05) is 27.2 Å². The summed E-state index contributed by atoms with van der Waals surface area (Å²) in [6, 6.07) is 5.23. The third-order valence-corrected chi connectivity index (χ3v) is 4.53.